The van der Waals surface area contributed by atoms with Gasteiger partial charge in [-0.05, 0) is 133 Å². The van der Waals surface area contributed by atoms with Gasteiger partial charge in [0.05, 0.1) is 47.6 Å². The number of cyclic esters (lactones) is 1. The third kappa shape index (κ3) is 21.6. The van der Waals surface area contributed by atoms with Crippen LogP contribution in [-0.4, -0.2) is 178 Å². The summed E-state index contributed by atoms with van der Waals surface area (Å²) >= 11 is 0. The molecule has 0 aromatic heterocycles. The maximum Gasteiger partial charge on any atom is 0.311 e. The molecular weight excluding hydrogens is 1010 g/mol. The first-order valence-electron chi connectivity index (χ1n) is 29.2. The molecule has 3 aliphatic rings. The lowest BCUT2D eigenvalue weighted by Gasteiger charge is -2.48. The first-order valence-corrected chi connectivity index (χ1v) is 29.2. The standard InChI is InChI=1S/C62H105N3O14/c1-15-17-18-19-20-21-22-23-24-25-26-27-28-29-30-31-32-33-34-35-50(66)63-37-36-51(67)65-41-42(3)39-60(9,72)57(79-59-53(68)48(64(12)13)38-43(4)75-59)44(5)54(78-52-40-61(10,74-14)56(70)47(8)76-52)45(6)58(71)77-49(16-2)62(11,73)55(69)46(65)7/h17-18,20-21,23-24,26-27,29-30,32-33,42-49,52-57,59,68-70,72-73H,15-16,19,22,25,28,31,34-41H2,1-14H3,(H,63,66)/t42-,43-,44+,45-,46-,47+,48+,49-,52+,53-,54+,55-,56+,57-,59+,60-,61-,62-/m1/s1. The summed E-state index contributed by atoms with van der Waals surface area (Å²) in [6.07, 6.45) is 21.6. The number of ether oxygens (including phenoxy) is 6. The highest BCUT2D eigenvalue weighted by Crippen LogP contribution is 2.40. The second-order valence-corrected chi connectivity index (χ2v) is 23.3. The average Bonchev–Trinajstić information content (AvgIpc) is 3.43. The van der Waals surface area contributed by atoms with Crippen LogP contribution in [0.3, 0.4) is 0 Å². The van der Waals surface area contributed by atoms with E-state index in [0.29, 0.717) is 12.8 Å². The molecule has 18 atom stereocenters. The van der Waals surface area contributed by atoms with Crippen molar-refractivity contribution in [3.8, 4) is 0 Å². The minimum Gasteiger partial charge on any atom is -0.459 e. The molecule has 17 heteroatoms. The summed E-state index contributed by atoms with van der Waals surface area (Å²) in [4.78, 5) is 45.3. The number of carbonyl (C=O) groups excluding carboxylic acids is 3. The molecule has 452 valence electrons. The number of carbonyl (C=O) groups is 3. The number of nitrogens with zero attached hydrogens (tertiary/aromatic N) is 2. The fourth-order valence-corrected chi connectivity index (χ4v) is 11.2. The van der Waals surface area contributed by atoms with Crippen molar-refractivity contribution in [3.05, 3.63) is 72.9 Å². The Hall–Kier alpha value is -3.59. The number of rotatable bonds is 24. The van der Waals surface area contributed by atoms with E-state index in [1.807, 2.05) is 45.0 Å². The number of nitrogens with one attached hydrogen (secondary N) is 1. The summed E-state index contributed by atoms with van der Waals surface area (Å²) in [5.41, 5.74) is -4.94. The molecule has 6 N–H and O–H groups in total. The Morgan fingerprint density at radius 3 is 1.86 bits per heavy atom. The zero-order valence-electron chi connectivity index (χ0n) is 50.5. The second-order valence-electron chi connectivity index (χ2n) is 23.3. The van der Waals surface area contributed by atoms with Gasteiger partial charge >= 0.3 is 5.97 Å². The van der Waals surface area contributed by atoms with Crippen LogP contribution in [-0.2, 0) is 42.8 Å². The molecule has 3 heterocycles. The summed E-state index contributed by atoms with van der Waals surface area (Å²) in [7, 11) is 5.20. The molecule has 0 radical (unpaired) electrons. The molecule has 3 rings (SSSR count). The number of methoxy groups -OCH3 is 1. The van der Waals surface area contributed by atoms with E-state index in [9.17, 15) is 39.9 Å². The van der Waals surface area contributed by atoms with E-state index < -0.39 is 108 Å². The van der Waals surface area contributed by atoms with Crippen molar-refractivity contribution in [1.82, 2.24) is 15.1 Å². The summed E-state index contributed by atoms with van der Waals surface area (Å²) < 4.78 is 38.0. The molecule has 3 saturated heterocycles. The predicted octanol–water partition coefficient (Wildman–Crippen LogP) is 7.78. The van der Waals surface area contributed by atoms with Gasteiger partial charge in [-0.1, -0.05) is 101 Å². The molecule has 79 heavy (non-hydrogen) atoms. The maximum absolute atomic E-state index is 14.6. The van der Waals surface area contributed by atoms with Crippen molar-refractivity contribution in [3.63, 3.8) is 0 Å². The second kappa shape index (κ2) is 34.1. The lowest BCUT2D eigenvalue weighted by molar-refractivity contribution is -0.318. The number of esters is 1. The van der Waals surface area contributed by atoms with Gasteiger partial charge in [0.25, 0.3) is 0 Å². The molecule has 0 aromatic carbocycles. The highest BCUT2D eigenvalue weighted by Gasteiger charge is 2.53. The molecule has 3 aliphatic heterocycles. The van der Waals surface area contributed by atoms with Crippen LogP contribution in [0.25, 0.3) is 0 Å². The van der Waals surface area contributed by atoms with Crippen molar-refractivity contribution in [1.29, 1.82) is 0 Å². The van der Waals surface area contributed by atoms with Crippen LogP contribution in [0.15, 0.2) is 72.9 Å². The van der Waals surface area contributed by atoms with Gasteiger partial charge in [0.2, 0.25) is 11.8 Å². The highest BCUT2D eigenvalue weighted by molar-refractivity contribution is 5.79. The third-order valence-electron chi connectivity index (χ3n) is 16.0. The number of allylic oxidation sites excluding steroid dienone is 12. The Bertz CT molecular complexity index is 2000. The van der Waals surface area contributed by atoms with Crippen LogP contribution in [0.4, 0.5) is 0 Å². The normalized spacial score (nSPS) is 37.0. The molecule has 0 unspecified atom stereocenters. The van der Waals surface area contributed by atoms with Crippen LogP contribution in [0.1, 0.15) is 160 Å². The monoisotopic (exact) mass is 1120 g/mol. The maximum atomic E-state index is 14.6. The molecular formula is C62H105N3O14. The number of aliphatic hydroxyl groups excluding tert-OH is 3. The molecule has 0 aromatic rings. The first-order chi connectivity index (χ1) is 37.3. The number of likely N-dealkylation sites (N-methyl/N-ethyl adjacent to an activating group) is 1. The highest BCUT2D eigenvalue weighted by atomic mass is 16.7. The Kier molecular flexibility index (Phi) is 30.1. The van der Waals surface area contributed by atoms with E-state index in [1.54, 1.807) is 48.5 Å². The lowest BCUT2D eigenvalue weighted by Crippen LogP contribution is -2.60. The van der Waals surface area contributed by atoms with Crippen LogP contribution in [0.2, 0.25) is 0 Å². The van der Waals surface area contributed by atoms with Gasteiger partial charge in [0, 0.05) is 51.4 Å². The molecule has 0 spiro atoms. The van der Waals surface area contributed by atoms with Crippen LogP contribution in [0.5, 0.6) is 0 Å². The van der Waals surface area contributed by atoms with E-state index in [2.05, 4.69) is 73.0 Å². The van der Waals surface area contributed by atoms with Gasteiger partial charge in [0.1, 0.15) is 30.0 Å². The van der Waals surface area contributed by atoms with Crippen molar-refractivity contribution in [2.45, 2.75) is 250 Å². The van der Waals surface area contributed by atoms with Crippen LogP contribution >= 0.6 is 0 Å². The number of hydrogen-bond acceptors (Lipinski definition) is 15. The number of amides is 2. The number of hydrogen-bond donors (Lipinski definition) is 6. The SMILES string of the molecule is CCC=CCC=CCC=CCC=CCC=CCC=CCCC(=O)NCCC(=O)N1C[C@H](C)C[C@@](C)(O)[C@H](O[C@@H]2O[C@H](C)C[C@H](N(C)C)[C@H]2O)[C@@H](C)[C@H](O[C@H]2C[C@@](C)(OC)[C@@H](O)[C@H](C)O2)[C@@H](C)C(=O)O[C@H](CC)[C@@](C)(O)[C@H](O)[C@H]1C. The molecule has 3 fully saturated rings. The van der Waals surface area contributed by atoms with Crippen LogP contribution < -0.4 is 5.32 Å². The Labute approximate surface area is 474 Å². The van der Waals surface area contributed by atoms with Gasteiger partial charge in [-0.3, -0.25) is 14.4 Å². The summed E-state index contributed by atoms with van der Waals surface area (Å²) in [5, 5.41) is 62.9. The van der Waals surface area contributed by atoms with Crippen molar-refractivity contribution >= 4 is 17.8 Å². The zero-order valence-corrected chi connectivity index (χ0v) is 50.5. The quantitative estimate of drug-likeness (QED) is 0.0401. The van der Waals surface area contributed by atoms with Crippen molar-refractivity contribution in [2.75, 3.05) is 34.3 Å². The number of aliphatic hydroxyl groups is 5. The largest absolute Gasteiger partial charge is 0.459 e. The van der Waals surface area contributed by atoms with Gasteiger partial charge in [-0.2, -0.15) is 0 Å². The minimum absolute atomic E-state index is 0.000159. The van der Waals surface area contributed by atoms with E-state index in [-0.39, 0.29) is 63.2 Å². The zero-order chi connectivity index (χ0) is 59.1. The molecule has 17 nitrogen and oxygen atoms in total. The Balaban J connectivity index is 1.82. The molecule has 0 bridgehead atoms. The van der Waals surface area contributed by atoms with E-state index >= 15 is 0 Å². The molecule has 0 aliphatic carbocycles. The smallest absolute Gasteiger partial charge is 0.311 e. The topological polar surface area (TPSA) is 226 Å². The Morgan fingerprint density at radius 1 is 0.772 bits per heavy atom. The first kappa shape index (κ1) is 69.7. The Morgan fingerprint density at radius 2 is 1.33 bits per heavy atom. The fraction of sp³-hybridized carbons (Fsp3) is 0.758. The van der Waals surface area contributed by atoms with Crippen LogP contribution in [0, 0.1) is 17.8 Å². The third-order valence-corrected chi connectivity index (χ3v) is 16.0. The molecule has 0 saturated carbocycles. The van der Waals surface area contributed by atoms with E-state index in [0.717, 1.165) is 38.5 Å². The van der Waals surface area contributed by atoms with E-state index in [4.69, 9.17) is 28.4 Å². The summed E-state index contributed by atoms with van der Waals surface area (Å²) in [5.74, 6) is -3.92. The molecule has 2 amide bonds. The average molecular weight is 1120 g/mol. The van der Waals surface area contributed by atoms with Gasteiger partial charge in [-0.15, -0.1) is 0 Å². The van der Waals surface area contributed by atoms with Gasteiger partial charge in [-0.25, -0.2) is 0 Å². The predicted molar refractivity (Wildman–Crippen MR) is 308 cm³/mol. The lowest BCUT2D eigenvalue weighted by atomic mass is 9.77. The summed E-state index contributed by atoms with van der Waals surface area (Å²) in [6, 6.07) is -1.40. The van der Waals surface area contributed by atoms with E-state index in [1.165, 1.54) is 18.9 Å². The van der Waals surface area contributed by atoms with Gasteiger partial charge in [0.15, 0.2) is 12.6 Å². The van der Waals surface area contributed by atoms with Crippen molar-refractivity contribution in [2.24, 2.45) is 17.8 Å². The minimum atomic E-state index is -2.08. The summed E-state index contributed by atoms with van der Waals surface area (Å²) in [6.45, 7) is 19.0. The van der Waals surface area contributed by atoms with Gasteiger partial charge < -0.3 is 69.1 Å². The van der Waals surface area contributed by atoms with Crippen molar-refractivity contribution < 1.29 is 68.3 Å². The fourth-order valence-electron chi connectivity index (χ4n) is 11.2.